The minimum atomic E-state index is -4.08. The maximum Gasteiger partial charge on any atom is 0.253 e. The van der Waals surface area contributed by atoms with E-state index in [4.69, 9.17) is 28.3 Å². The zero-order chi connectivity index (χ0) is 20.5. The van der Waals surface area contributed by atoms with E-state index in [9.17, 15) is 13.2 Å². The molecule has 0 fully saturated rings. The second kappa shape index (κ2) is 8.18. The number of sulfonamides is 1. The van der Waals surface area contributed by atoms with Gasteiger partial charge in [-0.1, -0.05) is 47.5 Å². The van der Waals surface area contributed by atoms with Crippen LogP contribution < -0.4 is 10.5 Å². The van der Waals surface area contributed by atoms with E-state index >= 15 is 0 Å². The van der Waals surface area contributed by atoms with Crippen molar-refractivity contribution in [1.29, 1.82) is 0 Å². The first-order valence-corrected chi connectivity index (χ1v) is 11.1. The van der Waals surface area contributed by atoms with Crippen LogP contribution in [0.4, 0.5) is 0 Å². The number of rotatable bonds is 5. The minimum Gasteiger partial charge on any atom is -0.348 e. The third-order valence-electron chi connectivity index (χ3n) is 3.89. The molecule has 0 spiro atoms. The Labute approximate surface area is 176 Å². The fourth-order valence-corrected chi connectivity index (χ4v) is 4.51. The summed E-state index contributed by atoms with van der Waals surface area (Å²) in [5.74, 6) is -0.536. The van der Waals surface area contributed by atoms with Gasteiger partial charge in [-0.25, -0.2) is 18.5 Å². The Morgan fingerprint density at radius 1 is 1.18 bits per heavy atom. The zero-order valence-electron chi connectivity index (χ0n) is 14.6. The lowest BCUT2D eigenvalue weighted by atomic mass is 10.1. The Hall–Kier alpha value is -1.97. The summed E-state index contributed by atoms with van der Waals surface area (Å²) < 4.78 is 23.2. The highest BCUT2D eigenvalue weighted by molar-refractivity contribution is 7.89. The number of hydrogen-bond acceptors (Lipinski definition) is 5. The lowest BCUT2D eigenvalue weighted by molar-refractivity contribution is 0.0951. The second-order valence-electron chi connectivity index (χ2n) is 5.94. The number of carbonyl (C=O) groups is 1. The van der Waals surface area contributed by atoms with E-state index in [-0.39, 0.29) is 27.0 Å². The molecule has 0 radical (unpaired) electrons. The van der Waals surface area contributed by atoms with Gasteiger partial charge in [0.05, 0.1) is 26.3 Å². The van der Waals surface area contributed by atoms with Gasteiger partial charge in [-0.15, -0.1) is 11.3 Å². The van der Waals surface area contributed by atoms with Gasteiger partial charge in [0.25, 0.3) is 5.91 Å². The van der Waals surface area contributed by atoms with Gasteiger partial charge in [0, 0.05) is 17.5 Å². The highest BCUT2D eigenvalue weighted by atomic mass is 35.5. The van der Waals surface area contributed by atoms with Crippen LogP contribution in [0.2, 0.25) is 10.0 Å². The average Bonchev–Trinajstić information content (AvgIpc) is 3.05. The Balaban J connectivity index is 1.74. The molecule has 2 aromatic carbocycles. The first-order valence-electron chi connectivity index (χ1n) is 7.96. The third kappa shape index (κ3) is 4.71. The molecule has 1 aromatic heterocycles. The molecule has 0 bridgehead atoms. The predicted octanol–water partition coefficient (Wildman–Crippen LogP) is 4.00. The van der Waals surface area contributed by atoms with Crippen LogP contribution in [0.25, 0.3) is 11.3 Å². The van der Waals surface area contributed by atoms with Crippen molar-refractivity contribution in [2.45, 2.75) is 18.4 Å². The monoisotopic (exact) mass is 455 g/mol. The highest BCUT2D eigenvalue weighted by Gasteiger charge is 2.19. The summed E-state index contributed by atoms with van der Waals surface area (Å²) in [5, 5.41) is 10.7. The number of aromatic nitrogens is 1. The van der Waals surface area contributed by atoms with Crippen molar-refractivity contribution < 1.29 is 13.2 Å². The first kappa shape index (κ1) is 20.8. The lowest BCUT2D eigenvalue weighted by Gasteiger charge is -2.10. The second-order valence-corrected chi connectivity index (χ2v) is 9.35. The van der Waals surface area contributed by atoms with Gasteiger partial charge in [-0.05, 0) is 24.6 Å². The number of hydrogen-bond donors (Lipinski definition) is 2. The predicted molar refractivity (Wildman–Crippen MR) is 111 cm³/mol. The van der Waals surface area contributed by atoms with E-state index in [0.717, 1.165) is 27.9 Å². The van der Waals surface area contributed by atoms with Crippen molar-refractivity contribution in [2.24, 2.45) is 5.14 Å². The highest BCUT2D eigenvalue weighted by Crippen LogP contribution is 2.28. The maximum absolute atomic E-state index is 12.4. The summed E-state index contributed by atoms with van der Waals surface area (Å²) in [6, 6.07) is 9.85. The molecule has 0 aliphatic carbocycles. The summed E-state index contributed by atoms with van der Waals surface area (Å²) in [6.45, 7) is 2.18. The summed E-state index contributed by atoms with van der Waals surface area (Å²) in [4.78, 5) is 16.5. The van der Waals surface area contributed by atoms with Gasteiger partial charge < -0.3 is 5.32 Å². The molecule has 3 aromatic rings. The number of primary sulfonamides is 1. The minimum absolute atomic E-state index is 0.0235. The van der Waals surface area contributed by atoms with Gasteiger partial charge in [0.15, 0.2) is 0 Å². The smallest absolute Gasteiger partial charge is 0.253 e. The van der Waals surface area contributed by atoms with E-state index in [0.29, 0.717) is 0 Å². The number of halogens is 2. The van der Waals surface area contributed by atoms with E-state index in [1.807, 2.05) is 36.6 Å². The van der Waals surface area contributed by atoms with Crippen LogP contribution >= 0.6 is 34.5 Å². The quantitative estimate of drug-likeness (QED) is 0.606. The van der Waals surface area contributed by atoms with Crippen molar-refractivity contribution in [1.82, 2.24) is 10.3 Å². The molecule has 10 heteroatoms. The van der Waals surface area contributed by atoms with E-state index in [2.05, 4.69) is 10.3 Å². The van der Waals surface area contributed by atoms with Gasteiger partial charge in [-0.3, -0.25) is 4.79 Å². The van der Waals surface area contributed by atoms with Crippen LogP contribution in [0.3, 0.4) is 0 Å². The van der Waals surface area contributed by atoms with E-state index in [1.165, 1.54) is 6.07 Å². The van der Waals surface area contributed by atoms with Gasteiger partial charge in [0.1, 0.15) is 4.90 Å². The number of nitrogens with zero attached hydrogens (tertiary/aromatic N) is 1. The van der Waals surface area contributed by atoms with Crippen LogP contribution in [0, 0.1) is 6.92 Å². The molecule has 0 aliphatic heterocycles. The Bertz CT molecular complexity index is 1140. The molecule has 28 heavy (non-hydrogen) atoms. The number of carbonyl (C=O) groups excluding carboxylic acids is 1. The van der Waals surface area contributed by atoms with Gasteiger partial charge in [-0.2, -0.15) is 0 Å². The number of amides is 1. The fraction of sp³-hybridized carbons (Fsp3) is 0.111. The van der Waals surface area contributed by atoms with Crippen LogP contribution in [0.15, 0.2) is 46.7 Å². The molecule has 6 nitrogen and oxygen atoms in total. The van der Waals surface area contributed by atoms with E-state index < -0.39 is 15.9 Å². The molecule has 0 atom stereocenters. The van der Waals surface area contributed by atoms with Crippen molar-refractivity contribution >= 4 is 50.5 Å². The zero-order valence-corrected chi connectivity index (χ0v) is 17.7. The van der Waals surface area contributed by atoms with Crippen molar-refractivity contribution in [3.05, 3.63) is 68.0 Å². The molecular weight excluding hydrogens is 441 g/mol. The third-order valence-corrected chi connectivity index (χ3v) is 6.36. The molecule has 146 valence electrons. The summed E-state index contributed by atoms with van der Waals surface area (Å²) in [7, 11) is -4.08. The number of thiazole rings is 1. The van der Waals surface area contributed by atoms with Crippen molar-refractivity contribution in [2.75, 3.05) is 0 Å². The molecule has 0 saturated carbocycles. The molecule has 1 heterocycles. The number of benzene rings is 2. The van der Waals surface area contributed by atoms with Crippen molar-refractivity contribution in [3.63, 3.8) is 0 Å². The summed E-state index contributed by atoms with van der Waals surface area (Å²) in [6.07, 6.45) is 0. The molecule has 0 unspecified atom stereocenters. The largest absolute Gasteiger partial charge is 0.348 e. The topological polar surface area (TPSA) is 102 Å². The van der Waals surface area contributed by atoms with Crippen LogP contribution in [0.5, 0.6) is 0 Å². The molecule has 3 N–H and O–H groups in total. The molecule has 0 aliphatic rings. The molecule has 0 saturated heterocycles. The SMILES string of the molecule is Cc1nc(-c2ccc(CNC(=O)c3cc(S(N)(=O)=O)c(Cl)cc3Cl)cc2)cs1. The molecular formula is C18H15Cl2N3O3S2. The summed E-state index contributed by atoms with van der Waals surface area (Å²) >= 11 is 13.5. The Morgan fingerprint density at radius 2 is 1.86 bits per heavy atom. The fourth-order valence-electron chi connectivity index (χ4n) is 2.49. The first-order chi connectivity index (χ1) is 13.1. The van der Waals surface area contributed by atoms with Gasteiger partial charge >= 0.3 is 0 Å². The summed E-state index contributed by atoms with van der Waals surface area (Å²) in [5.41, 5.74) is 2.73. The number of nitrogens with two attached hydrogens (primary N) is 1. The van der Waals surface area contributed by atoms with Crippen molar-refractivity contribution in [3.8, 4) is 11.3 Å². The normalized spacial score (nSPS) is 11.4. The molecule has 1 amide bonds. The van der Waals surface area contributed by atoms with E-state index in [1.54, 1.807) is 11.3 Å². The Kier molecular flexibility index (Phi) is 6.07. The number of aryl methyl sites for hydroxylation is 1. The van der Waals surface area contributed by atoms with Crippen LogP contribution in [-0.2, 0) is 16.6 Å². The maximum atomic E-state index is 12.4. The average molecular weight is 456 g/mol. The number of nitrogens with one attached hydrogen (secondary N) is 1. The Morgan fingerprint density at radius 3 is 2.43 bits per heavy atom. The van der Waals surface area contributed by atoms with Crippen LogP contribution in [0.1, 0.15) is 20.9 Å². The van der Waals surface area contributed by atoms with Crippen LogP contribution in [-0.4, -0.2) is 19.3 Å². The van der Waals surface area contributed by atoms with Gasteiger partial charge in [0.2, 0.25) is 10.0 Å². The molecule has 3 rings (SSSR count). The lowest BCUT2D eigenvalue weighted by Crippen LogP contribution is -2.24. The standard InChI is InChI=1S/C18H15Cl2N3O3S2/c1-10-23-16(9-27-10)12-4-2-11(3-5-12)8-22-18(24)13-6-17(28(21,25)26)15(20)7-14(13)19/h2-7,9H,8H2,1H3,(H,22,24)(H2,21,25,26).